The summed E-state index contributed by atoms with van der Waals surface area (Å²) in [6.45, 7) is 1.30. The third-order valence-corrected chi connectivity index (χ3v) is 3.74. The van der Waals surface area contributed by atoms with Crippen LogP contribution in [0, 0.1) is 0 Å². The first kappa shape index (κ1) is 12.6. The molecule has 2 aromatic heterocycles. The Kier molecular flexibility index (Phi) is 2.80. The molecule has 0 aliphatic carbocycles. The molecule has 0 saturated carbocycles. The summed E-state index contributed by atoms with van der Waals surface area (Å²) < 4.78 is 10.9. The van der Waals surface area contributed by atoms with Gasteiger partial charge in [-0.2, -0.15) is 0 Å². The van der Waals surface area contributed by atoms with Crippen molar-refractivity contribution in [1.82, 2.24) is 15.0 Å². The highest BCUT2D eigenvalue weighted by molar-refractivity contribution is 6.34. The lowest BCUT2D eigenvalue weighted by Gasteiger charge is -2.22. The number of nitrogens with two attached hydrogens (primary N) is 1. The number of fused-ring (bicyclic) bond motifs is 1. The SMILES string of the molecule is Nc1cnc(-c2cc3oc(C4COC4)nc3cc2Cl)cn1. The van der Waals surface area contributed by atoms with Gasteiger partial charge in [0.25, 0.3) is 0 Å². The molecule has 21 heavy (non-hydrogen) atoms. The number of halogens is 1. The molecule has 6 nitrogen and oxygen atoms in total. The Morgan fingerprint density at radius 2 is 2.05 bits per heavy atom. The van der Waals surface area contributed by atoms with Crippen LogP contribution in [0.4, 0.5) is 5.82 Å². The smallest absolute Gasteiger partial charge is 0.203 e. The monoisotopic (exact) mass is 302 g/mol. The van der Waals surface area contributed by atoms with E-state index in [2.05, 4.69) is 15.0 Å². The van der Waals surface area contributed by atoms with E-state index in [0.29, 0.717) is 41.2 Å². The molecule has 2 N–H and O–H groups in total. The zero-order valence-electron chi connectivity index (χ0n) is 10.9. The van der Waals surface area contributed by atoms with Crippen molar-refractivity contribution in [3.8, 4) is 11.3 Å². The Morgan fingerprint density at radius 1 is 1.19 bits per heavy atom. The van der Waals surface area contributed by atoms with Gasteiger partial charge < -0.3 is 14.9 Å². The number of anilines is 1. The second-order valence-electron chi connectivity index (χ2n) is 4.91. The predicted octanol–water partition coefficient (Wildman–Crippen LogP) is 2.63. The van der Waals surface area contributed by atoms with Crippen molar-refractivity contribution < 1.29 is 9.15 Å². The van der Waals surface area contributed by atoms with E-state index in [1.54, 1.807) is 12.3 Å². The van der Waals surface area contributed by atoms with Gasteiger partial charge >= 0.3 is 0 Å². The van der Waals surface area contributed by atoms with Crippen LogP contribution in [0.3, 0.4) is 0 Å². The van der Waals surface area contributed by atoms with Crippen molar-refractivity contribution in [2.45, 2.75) is 5.92 Å². The van der Waals surface area contributed by atoms with Gasteiger partial charge in [-0.3, -0.25) is 4.98 Å². The van der Waals surface area contributed by atoms with E-state index in [0.717, 1.165) is 11.1 Å². The van der Waals surface area contributed by atoms with Crippen LogP contribution >= 0.6 is 11.6 Å². The number of hydrogen-bond acceptors (Lipinski definition) is 6. The van der Waals surface area contributed by atoms with Gasteiger partial charge in [-0.15, -0.1) is 0 Å². The van der Waals surface area contributed by atoms with E-state index < -0.39 is 0 Å². The van der Waals surface area contributed by atoms with Gasteiger partial charge in [0, 0.05) is 5.56 Å². The molecule has 0 unspecified atom stereocenters. The first-order valence-corrected chi connectivity index (χ1v) is 6.84. The molecule has 1 aromatic carbocycles. The normalized spacial score (nSPS) is 15.3. The summed E-state index contributed by atoms with van der Waals surface area (Å²) in [6, 6.07) is 3.60. The van der Waals surface area contributed by atoms with E-state index in [9.17, 15) is 0 Å². The van der Waals surface area contributed by atoms with Gasteiger partial charge in [0.05, 0.1) is 42.2 Å². The second-order valence-corrected chi connectivity index (χ2v) is 5.32. The number of oxazole rings is 1. The van der Waals surface area contributed by atoms with E-state index >= 15 is 0 Å². The number of hydrogen-bond donors (Lipinski definition) is 1. The van der Waals surface area contributed by atoms with Crippen molar-refractivity contribution >= 4 is 28.5 Å². The first-order chi connectivity index (χ1) is 10.2. The number of ether oxygens (including phenoxy) is 1. The molecule has 1 aliphatic rings. The van der Waals surface area contributed by atoms with Crippen molar-refractivity contribution in [3.05, 3.63) is 35.4 Å². The third kappa shape index (κ3) is 2.12. The van der Waals surface area contributed by atoms with E-state index in [4.69, 9.17) is 26.5 Å². The van der Waals surface area contributed by atoms with E-state index in [1.807, 2.05) is 6.07 Å². The Morgan fingerprint density at radius 3 is 2.71 bits per heavy atom. The predicted molar refractivity (Wildman–Crippen MR) is 78.0 cm³/mol. The van der Waals surface area contributed by atoms with Crippen LogP contribution in [0.1, 0.15) is 11.8 Å². The van der Waals surface area contributed by atoms with Crippen LogP contribution in [0.2, 0.25) is 5.02 Å². The summed E-state index contributed by atoms with van der Waals surface area (Å²) in [5.41, 5.74) is 8.33. The number of nitrogen functional groups attached to an aromatic ring is 1. The van der Waals surface area contributed by atoms with Crippen LogP contribution in [0.5, 0.6) is 0 Å². The van der Waals surface area contributed by atoms with Gasteiger partial charge in [0.2, 0.25) is 5.89 Å². The number of benzene rings is 1. The first-order valence-electron chi connectivity index (χ1n) is 6.46. The Hall–Kier alpha value is -2.18. The standard InChI is InChI=1S/C14H11ClN4O2/c15-9-2-10-12(21-14(19-10)7-5-20-6-7)1-8(9)11-3-18-13(16)4-17-11/h1-4,7H,5-6H2,(H2,16,18). The zero-order chi connectivity index (χ0) is 14.4. The average molecular weight is 303 g/mol. The summed E-state index contributed by atoms with van der Waals surface area (Å²) in [5, 5.41) is 0.547. The minimum absolute atomic E-state index is 0.232. The minimum atomic E-state index is 0.232. The van der Waals surface area contributed by atoms with Crippen LogP contribution in [0.15, 0.2) is 28.9 Å². The maximum atomic E-state index is 6.31. The molecule has 7 heteroatoms. The minimum Gasteiger partial charge on any atom is -0.440 e. The Bertz CT molecular complexity index is 812. The lowest BCUT2D eigenvalue weighted by Crippen LogP contribution is -2.25. The highest BCUT2D eigenvalue weighted by Gasteiger charge is 2.26. The molecule has 1 fully saturated rings. The van der Waals surface area contributed by atoms with Crippen molar-refractivity contribution in [3.63, 3.8) is 0 Å². The Balaban J connectivity index is 1.81. The Labute approximate surface area is 124 Å². The molecule has 3 heterocycles. The lowest BCUT2D eigenvalue weighted by atomic mass is 10.1. The highest BCUT2D eigenvalue weighted by Crippen LogP contribution is 2.33. The fraction of sp³-hybridized carbons (Fsp3) is 0.214. The molecule has 3 aromatic rings. The largest absolute Gasteiger partial charge is 0.440 e. The van der Waals surface area contributed by atoms with Crippen molar-refractivity contribution in [1.29, 1.82) is 0 Å². The van der Waals surface area contributed by atoms with Gasteiger partial charge in [0.15, 0.2) is 5.58 Å². The van der Waals surface area contributed by atoms with Gasteiger partial charge in [-0.25, -0.2) is 9.97 Å². The molecule has 0 amide bonds. The number of nitrogens with zero attached hydrogens (tertiary/aromatic N) is 3. The average Bonchev–Trinajstić information content (AvgIpc) is 2.79. The van der Waals surface area contributed by atoms with Gasteiger partial charge in [0.1, 0.15) is 11.3 Å². The summed E-state index contributed by atoms with van der Waals surface area (Å²) in [5.74, 6) is 1.28. The molecular weight excluding hydrogens is 292 g/mol. The second kappa shape index (κ2) is 4.68. The molecule has 106 valence electrons. The summed E-state index contributed by atoms with van der Waals surface area (Å²) in [6.07, 6.45) is 3.08. The molecule has 0 radical (unpaired) electrons. The molecule has 0 atom stereocenters. The maximum absolute atomic E-state index is 6.31. The fourth-order valence-electron chi connectivity index (χ4n) is 2.19. The van der Waals surface area contributed by atoms with Crippen LogP contribution in [0.25, 0.3) is 22.4 Å². The topological polar surface area (TPSA) is 87.1 Å². The van der Waals surface area contributed by atoms with E-state index in [1.165, 1.54) is 6.20 Å². The third-order valence-electron chi connectivity index (χ3n) is 3.43. The highest BCUT2D eigenvalue weighted by atomic mass is 35.5. The van der Waals surface area contributed by atoms with Crippen molar-refractivity contribution in [2.75, 3.05) is 18.9 Å². The maximum Gasteiger partial charge on any atom is 0.203 e. The lowest BCUT2D eigenvalue weighted by molar-refractivity contribution is -0.00172. The van der Waals surface area contributed by atoms with E-state index in [-0.39, 0.29) is 5.92 Å². The van der Waals surface area contributed by atoms with Gasteiger partial charge in [-0.1, -0.05) is 11.6 Å². The molecule has 4 rings (SSSR count). The number of rotatable bonds is 2. The van der Waals surface area contributed by atoms with Crippen LogP contribution < -0.4 is 5.73 Å². The summed E-state index contributed by atoms with van der Waals surface area (Å²) >= 11 is 6.31. The quantitative estimate of drug-likeness (QED) is 0.783. The summed E-state index contributed by atoms with van der Waals surface area (Å²) in [4.78, 5) is 12.7. The van der Waals surface area contributed by atoms with Crippen molar-refractivity contribution in [2.24, 2.45) is 0 Å². The summed E-state index contributed by atoms with van der Waals surface area (Å²) in [7, 11) is 0. The molecule has 0 spiro atoms. The zero-order valence-corrected chi connectivity index (χ0v) is 11.7. The number of aromatic nitrogens is 3. The molecule has 1 saturated heterocycles. The van der Waals surface area contributed by atoms with Crippen LogP contribution in [-0.4, -0.2) is 28.2 Å². The van der Waals surface area contributed by atoms with Crippen LogP contribution in [-0.2, 0) is 4.74 Å². The van der Waals surface area contributed by atoms with Gasteiger partial charge in [-0.05, 0) is 12.1 Å². The molecular formula is C14H11ClN4O2. The molecule has 0 bridgehead atoms. The molecule has 1 aliphatic heterocycles. The fourth-order valence-corrected chi connectivity index (χ4v) is 2.45.